The molecule has 0 radical (unpaired) electrons. The predicted molar refractivity (Wildman–Crippen MR) is 100 cm³/mol. The highest BCUT2D eigenvalue weighted by Gasteiger charge is 2.47. The lowest BCUT2D eigenvalue weighted by molar-refractivity contribution is -0.101. The number of fused-ring (bicyclic) bond motifs is 1. The van der Waals surface area contributed by atoms with E-state index in [2.05, 4.69) is 0 Å². The maximum atomic E-state index is 12.8. The Morgan fingerprint density at radius 3 is 2.58 bits per heavy atom. The Kier molecular flexibility index (Phi) is 5.53. The topological polar surface area (TPSA) is 77.2 Å². The van der Waals surface area contributed by atoms with Crippen molar-refractivity contribution in [1.82, 2.24) is 14.7 Å². The van der Waals surface area contributed by atoms with Crippen LogP contribution < -0.4 is 0 Å². The van der Waals surface area contributed by atoms with Gasteiger partial charge in [0.2, 0.25) is 0 Å². The first-order valence-corrected chi connectivity index (χ1v) is 10.3. The summed E-state index contributed by atoms with van der Waals surface area (Å²) < 4.78 is 5.65. The molecule has 1 aromatic heterocycles. The molecule has 2 aliphatic heterocycles. The molecule has 8 heteroatoms. The van der Waals surface area contributed by atoms with Crippen LogP contribution in [0.5, 0.6) is 0 Å². The van der Waals surface area contributed by atoms with Gasteiger partial charge in [0.1, 0.15) is 5.76 Å². The predicted octanol–water partition coefficient (Wildman–Crippen LogP) is 1.72. The molecule has 0 bridgehead atoms. The normalized spacial score (nSPS) is 25.8. The molecule has 2 saturated heterocycles. The van der Waals surface area contributed by atoms with Crippen molar-refractivity contribution in [2.24, 2.45) is 5.92 Å². The number of piperidine rings is 2. The minimum atomic E-state index is -0.799. The molecule has 2 atom stereocenters. The lowest BCUT2D eigenvalue weighted by atomic mass is 9.75. The van der Waals surface area contributed by atoms with Crippen molar-refractivity contribution in [3.05, 3.63) is 23.7 Å². The first-order valence-electron chi connectivity index (χ1n) is 8.89. The van der Waals surface area contributed by atoms with Gasteiger partial charge in [-0.3, -0.25) is 4.79 Å². The Balaban J connectivity index is 1.69. The molecule has 0 unspecified atom stereocenters. The monoisotopic (exact) mass is 381 g/mol. The van der Waals surface area contributed by atoms with E-state index in [1.54, 1.807) is 46.6 Å². The molecule has 0 saturated carbocycles. The summed E-state index contributed by atoms with van der Waals surface area (Å²) in [7, 11) is 3.45. The van der Waals surface area contributed by atoms with Crippen molar-refractivity contribution in [3.63, 3.8) is 0 Å². The summed E-state index contributed by atoms with van der Waals surface area (Å²) in [4.78, 5) is 30.1. The molecule has 2 fully saturated rings. The average Bonchev–Trinajstić information content (AvgIpc) is 3.08. The summed E-state index contributed by atoms with van der Waals surface area (Å²) in [5, 5.41) is 11.0. The fourth-order valence-electron chi connectivity index (χ4n) is 3.81. The van der Waals surface area contributed by atoms with Gasteiger partial charge in [0.25, 0.3) is 5.91 Å². The third-order valence-corrected chi connectivity index (χ3v) is 5.94. The van der Waals surface area contributed by atoms with E-state index in [0.717, 1.165) is 11.5 Å². The Morgan fingerprint density at radius 1 is 1.27 bits per heavy atom. The van der Waals surface area contributed by atoms with Crippen LogP contribution in [0.1, 0.15) is 29.2 Å². The molecular formula is C18H27N3O4S. The van der Waals surface area contributed by atoms with Crippen molar-refractivity contribution in [1.29, 1.82) is 0 Å². The van der Waals surface area contributed by atoms with E-state index in [1.165, 1.54) is 0 Å². The molecule has 144 valence electrons. The average molecular weight is 381 g/mol. The van der Waals surface area contributed by atoms with Crippen molar-refractivity contribution >= 4 is 23.7 Å². The van der Waals surface area contributed by atoms with E-state index in [1.807, 2.05) is 12.3 Å². The third-order valence-electron chi connectivity index (χ3n) is 5.37. The number of nitrogens with zero attached hydrogens (tertiary/aromatic N) is 3. The van der Waals surface area contributed by atoms with Gasteiger partial charge in [0.05, 0.1) is 11.4 Å². The zero-order valence-corrected chi connectivity index (χ0v) is 16.4. The van der Waals surface area contributed by atoms with E-state index < -0.39 is 5.60 Å². The maximum absolute atomic E-state index is 12.8. The van der Waals surface area contributed by atoms with Gasteiger partial charge in [-0.2, -0.15) is 11.8 Å². The summed E-state index contributed by atoms with van der Waals surface area (Å²) in [5.74, 6) is 1.58. The van der Waals surface area contributed by atoms with Crippen LogP contribution in [-0.2, 0) is 5.75 Å². The number of furan rings is 1. The number of carbonyl (C=O) groups excluding carboxylic acids is 2. The summed E-state index contributed by atoms with van der Waals surface area (Å²) in [6, 6.07) is 3.50. The minimum absolute atomic E-state index is 0.0526. The molecule has 2 aliphatic rings. The number of hydrogen-bond donors (Lipinski definition) is 1. The highest BCUT2D eigenvalue weighted by atomic mass is 32.2. The van der Waals surface area contributed by atoms with Gasteiger partial charge in [-0.1, -0.05) is 0 Å². The van der Waals surface area contributed by atoms with Gasteiger partial charge in [-0.25, -0.2) is 4.79 Å². The number of carbonyl (C=O) groups is 2. The van der Waals surface area contributed by atoms with E-state index in [0.29, 0.717) is 44.8 Å². The number of amides is 3. The molecule has 1 N–H and O–H groups in total. The fraction of sp³-hybridized carbons (Fsp3) is 0.667. The number of thioether (sulfide) groups is 1. The van der Waals surface area contributed by atoms with E-state index in [-0.39, 0.29) is 17.9 Å². The van der Waals surface area contributed by atoms with Gasteiger partial charge < -0.3 is 24.2 Å². The van der Waals surface area contributed by atoms with Gasteiger partial charge in [0, 0.05) is 46.2 Å². The smallest absolute Gasteiger partial charge is 0.319 e. The number of aliphatic hydroxyl groups is 1. The molecule has 26 heavy (non-hydrogen) atoms. The highest BCUT2D eigenvalue weighted by molar-refractivity contribution is 7.97. The maximum Gasteiger partial charge on any atom is 0.319 e. The third kappa shape index (κ3) is 3.71. The molecule has 3 amide bonds. The van der Waals surface area contributed by atoms with E-state index >= 15 is 0 Å². The zero-order valence-electron chi connectivity index (χ0n) is 15.6. The van der Waals surface area contributed by atoms with E-state index in [9.17, 15) is 14.7 Å². The second-order valence-corrected chi connectivity index (χ2v) is 8.24. The lowest BCUT2D eigenvalue weighted by Crippen LogP contribution is -2.62. The lowest BCUT2D eigenvalue weighted by Gasteiger charge is -2.50. The number of rotatable bonds is 3. The molecule has 0 spiro atoms. The Bertz CT molecular complexity index is 677. The number of hydrogen-bond acceptors (Lipinski definition) is 5. The van der Waals surface area contributed by atoms with Crippen molar-refractivity contribution in [2.75, 3.05) is 46.5 Å². The summed E-state index contributed by atoms with van der Waals surface area (Å²) >= 11 is 1.64. The Hall–Kier alpha value is -1.67. The van der Waals surface area contributed by atoms with Crippen LogP contribution in [0.15, 0.2) is 16.5 Å². The molecule has 7 nitrogen and oxygen atoms in total. The molecular weight excluding hydrogens is 354 g/mol. The van der Waals surface area contributed by atoms with Crippen molar-refractivity contribution < 1.29 is 19.1 Å². The number of urea groups is 1. The zero-order chi connectivity index (χ0) is 18.9. The highest BCUT2D eigenvalue weighted by Crippen LogP contribution is 2.36. The minimum Gasteiger partial charge on any atom is -0.455 e. The van der Waals surface area contributed by atoms with Crippen LogP contribution in [0.3, 0.4) is 0 Å². The quantitative estimate of drug-likeness (QED) is 0.863. The molecule has 1 aromatic rings. The first kappa shape index (κ1) is 19.1. The van der Waals surface area contributed by atoms with Gasteiger partial charge in [-0.15, -0.1) is 0 Å². The van der Waals surface area contributed by atoms with Crippen LogP contribution in [0.4, 0.5) is 4.79 Å². The second kappa shape index (κ2) is 7.52. The van der Waals surface area contributed by atoms with Crippen LogP contribution in [0.25, 0.3) is 0 Å². The second-order valence-electron chi connectivity index (χ2n) is 7.37. The fourth-order valence-corrected chi connectivity index (χ4v) is 4.25. The van der Waals surface area contributed by atoms with Crippen LogP contribution in [-0.4, -0.2) is 83.9 Å². The van der Waals surface area contributed by atoms with Gasteiger partial charge in [0.15, 0.2) is 5.76 Å². The van der Waals surface area contributed by atoms with Crippen LogP contribution in [0, 0.1) is 5.92 Å². The van der Waals surface area contributed by atoms with Crippen molar-refractivity contribution in [3.8, 4) is 0 Å². The molecule has 3 rings (SSSR count). The van der Waals surface area contributed by atoms with Gasteiger partial charge >= 0.3 is 6.03 Å². The largest absolute Gasteiger partial charge is 0.455 e. The SMILES string of the molecule is CSCc1ccc(C(=O)N2CC[C@@]3(O)CCN(C(=O)N(C)C)C[C@H]3C2)o1. The molecule has 3 heterocycles. The Labute approximate surface area is 158 Å². The number of likely N-dealkylation sites (tertiary alicyclic amines) is 2. The molecule has 0 aromatic carbocycles. The van der Waals surface area contributed by atoms with Crippen LogP contribution >= 0.6 is 11.8 Å². The van der Waals surface area contributed by atoms with Crippen LogP contribution in [0.2, 0.25) is 0 Å². The molecule has 0 aliphatic carbocycles. The summed E-state index contributed by atoms with van der Waals surface area (Å²) in [6.07, 6.45) is 3.07. The summed E-state index contributed by atoms with van der Waals surface area (Å²) in [5.41, 5.74) is -0.799. The van der Waals surface area contributed by atoms with Gasteiger partial charge in [-0.05, 0) is 31.2 Å². The standard InChI is InChI=1S/C18H27N3O4S/c1-19(2)17(23)21-9-7-18(24)6-8-20(10-13(18)11-21)16(22)15-5-4-14(25-15)12-26-3/h4-5,13,24H,6-12H2,1-3H3/t13-,18-/m1/s1. The van der Waals surface area contributed by atoms with E-state index in [4.69, 9.17) is 4.42 Å². The first-order chi connectivity index (χ1) is 12.3. The van der Waals surface area contributed by atoms with Crippen molar-refractivity contribution in [2.45, 2.75) is 24.2 Å². The summed E-state index contributed by atoms with van der Waals surface area (Å²) in [6.45, 7) is 1.96. The Morgan fingerprint density at radius 2 is 1.92 bits per heavy atom.